The van der Waals surface area contributed by atoms with Crippen LogP contribution in [0.1, 0.15) is 0 Å². The van der Waals surface area contributed by atoms with Gasteiger partial charge >= 0.3 is 0 Å². The number of fused-ring (bicyclic) bond motifs is 6. The Labute approximate surface area is 203 Å². The van der Waals surface area contributed by atoms with Crippen LogP contribution in [0.25, 0.3) is 58.8 Å². The van der Waals surface area contributed by atoms with E-state index in [0.717, 1.165) is 4.47 Å². The molecule has 0 atom stereocenters. The Hall–Kier alpha value is -3.40. The largest absolute Gasteiger partial charge is 0.309 e. The lowest BCUT2D eigenvalue weighted by Gasteiger charge is -2.08. The number of hydrogen-bond donors (Lipinski definition) is 0. The lowest BCUT2D eigenvalue weighted by Crippen LogP contribution is -1.92. The van der Waals surface area contributed by atoms with E-state index in [2.05, 4.69) is 130 Å². The summed E-state index contributed by atoms with van der Waals surface area (Å²) in [7, 11) is 0. The van der Waals surface area contributed by atoms with Crippen molar-refractivity contribution in [1.82, 2.24) is 4.57 Å². The van der Waals surface area contributed by atoms with E-state index in [0.29, 0.717) is 0 Å². The molecule has 0 amide bonds. The molecule has 3 heteroatoms. The maximum atomic E-state index is 3.64. The van der Waals surface area contributed by atoms with Crippen molar-refractivity contribution in [3.63, 3.8) is 0 Å². The summed E-state index contributed by atoms with van der Waals surface area (Å²) in [6.45, 7) is 0. The second-order valence-corrected chi connectivity index (χ2v) is 10.4. The third kappa shape index (κ3) is 2.97. The fourth-order valence-electron chi connectivity index (χ4n) is 4.94. The van der Waals surface area contributed by atoms with Crippen molar-refractivity contribution in [3.05, 3.63) is 114 Å². The van der Waals surface area contributed by atoms with Crippen molar-refractivity contribution in [2.24, 2.45) is 0 Å². The highest BCUT2D eigenvalue weighted by Crippen LogP contribution is 2.39. The zero-order valence-electron chi connectivity index (χ0n) is 17.6. The predicted octanol–water partition coefficient (Wildman–Crippen LogP) is 9.58. The Morgan fingerprint density at radius 1 is 0.515 bits per heavy atom. The highest BCUT2D eigenvalue weighted by atomic mass is 79.9. The normalized spacial score (nSPS) is 11.8. The van der Waals surface area contributed by atoms with E-state index in [4.69, 9.17) is 0 Å². The minimum absolute atomic E-state index is 1.12. The number of hydrogen-bond acceptors (Lipinski definition) is 1. The summed E-state index contributed by atoms with van der Waals surface area (Å²) in [5.41, 5.74) is 6.15. The lowest BCUT2D eigenvalue weighted by atomic mass is 10.0. The van der Waals surface area contributed by atoms with Gasteiger partial charge < -0.3 is 4.57 Å². The average molecular weight is 504 g/mol. The molecule has 0 aliphatic heterocycles. The molecule has 0 aliphatic carbocycles. The second kappa shape index (κ2) is 7.31. The highest BCUT2D eigenvalue weighted by molar-refractivity contribution is 9.10. The number of para-hydroxylation sites is 2. The first-order valence-electron chi connectivity index (χ1n) is 11.0. The van der Waals surface area contributed by atoms with E-state index in [1.54, 1.807) is 0 Å². The van der Waals surface area contributed by atoms with Gasteiger partial charge in [-0.2, -0.15) is 0 Å². The summed E-state index contributed by atoms with van der Waals surface area (Å²) < 4.78 is 6.14. The average Bonchev–Trinajstić information content (AvgIpc) is 3.39. The maximum Gasteiger partial charge on any atom is 0.0541 e. The lowest BCUT2D eigenvalue weighted by molar-refractivity contribution is 1.18. The van der Waals surface area contributed by atoms with Gasteiger partial charge in [-0.15, -0.1) is 11.3 Å². The van der Waals surface area contributed by atoms with Gasteiger partial charge in [-0.3, -0.25) is 0 Å². The van der Waals surface area contributed by atoms with E-state index < -0.39 is 0 Å². The highest BCUT2D eigenvalue weighted by Gasteiger charge is 2.13. The quantitative estimate of drug-likeness (QED) is 0.221. The van der Waals surface area contributed by atoms with Crippen LogP contribution in [0.2, 0.25) is 0 Å². The number of aromatic nitrogens is 1. The van der Waals surface area contributed by atoms with Gasteiger partial charge in [-0.1, -0.05) is 64.5 Å². The minimum Gasteiger partial charge on any atom is -0.309 e. The molecule has 2 heterocycles. The molecule has 0 unspecified atom stereocenters. The van der Waals surface area contributed by atoms with Gasteiger partial charge in [-0.25, -0.2) is 0 Å². The molecule has 7 rings (SSSR count). The minimum atomic E-state index is 1.12. The molecule has 1 nitrogen and oxygen atoms in total. The molecule has 0 bridgehead atoms. The standard InChI is InChI=1S/C30H18BrNS/c31-21-12-15-30-26(18-21)25-17-20(11-14-29(25)33-30)19-10-13-28-24(16-19)23-8-4-5-9-27(23)32(28)22-6-2-1-3-7-22/h1-18H. The van der Waals surface area contributed by atoms with Crippen molar-refractivity contribution >= 4 is 69.2 Å². The Morgan fingerprint density at radius 3 is 2.00 bits per heavy atom. The van der Waals surface area contributed by atoms with Gasteiger partial charge in [-0.05, 0) is 71.8 Å². The van der Waals surface area contributed by atoms with Crippen LogP contribution in [0.15, 0.2) is 114 Å². The first-order valence-corrected chi connectivity index (χ1v) is 12.6. The number of halogens is 1. The monoisotopic (exact) mass is 503 g/mol. The Kier molecular flexibility index (Phi) is 4.23. The third-order valence-corrected chi connectivity index (χ3v) is 8.10. The topological polar surface area (TPSA) is 4.93 Å². The van der Waals surface area contributed by atoms with Crippen LogP contribution in [-0.2, 0) is 0 Å². The van der Waals surface area contributed by atoms with Crippen LogP contribution in [0.3, 0.4) is 0 Å². The van der Waals surface area contributed by atoms with Crippen molar-refractivity contribution < 1.29 is 0 Å². The molecule has 156 valence electrons. The fraction of sp³-hybridized carbons (Fsp3) is 0. The third-order valence-electron chi connectivity index (χ3n) is 6.45. The van der Waals surface area contributed by atoms with Gasteiger partial charge in [0.05, 0.1) is 11.0 Å². The number of rotatable bonds is 2. The molecule has 2 aromatic heterocycles. The van der Waals surface area contributed by atoms with Crippen molar-refractivity contribution in [2.75, 3.05) is 0 Å². The molecule has 0 saturated heterocycles. The Bertz CT molecular complexity index is 1830. The van der Waals surface area contributed by atoms with Crippen LogP contribution in [0.4, 0.5) is 0 Å². The summed E-state index contributed by atoms with van der Waals surface area (Å²) in [5.74, 6) is 0. The summed E-state index contributed by atoms with van der Waals surface area (Å²) in [5, 5.41) is 5.20. The number of thiophene rings is 1. The maximum absolute atomic E-state index is 3.64. The Balaban J connectivity index is 1.48. The molecular formula is C30H18BrNS. The van der Waals surface area contributed by atoms with Gasteiger partial charge in [0, 0.05) is 41.1 Å². The SMILES string of the molecule is Brc1ccc2sc3ccc(-c4ccc5c(c4)c4ccccc4n5-c4ccccc4)cc3c2c1. The summed E-state index contributed by atoms with van der Waals surface area (Å²) >= 11 is 5.50. The molecule has 5 aromatic carbocycles. The van der Waals surface area contributed by atoms with E-state index in [1.165, 1.54) is 58.8 Å². The predicted molar refractivity (Wildman–Crippen MR) is 147 cm³/mol. The summed E-state index contributed by atoms with van der Waals surface area (Å²) in [4.78, 5) is 0. The smallest absolute Gasteiger partial charge is 0.0541 e. The van der Waals surface area contributed by atoms with E-state index in [1.807, 2.05) is 11.3 Å². The van der Waals surface area contributed by atoms with E-state index in [9.17, 15) is 0 Å². The molecule has 0 N–H and O–H groups in total. The zero-order valence-corrected chi connectivity index (χ0v) is 20.0. The summed E-state index contributed by atoms with van der Waals surface area (Å²) in [6, 6.07) is 39.6. The molecule has 0 saturated carbocycles. The van der Waals surface area contributed by atoms with Gasteiger partial charge in [0.15, 0.2) is 0 Å². The van der Waals surface area contributed by atoms with Crippen molar-refractivity contribution in [2.45, 2.75) is 0 Å². The molecule has 0 spiro atoms. The molecule has 7 aromatic rings. The van der Waals surface area contributed by atoms with E-state index in [-0.39, 0.29) is 0 Å². The van der Waals surface area contributed by atoms with Crippen LogP contribution >= 0.6 is 27.3 Å². The number of benzene rings is 5. The van der Waals surface area contributed by atoms with Gasteiger partial charge in [0.2, 0.25) is 0 Å². The van der Waals surface area contributed by atoms with Crippen LogP contribution in [0, 0.1) is 0 Å². The molecular weight excluding hydrogens is 486 g/mol. The van der Waals surface area contributed by atoms with Crippen LogP contribution in [-0.4, -0.2) is 4.57 Å². The fourth-order valence-corrected chi connectivity index (χ4v) is 6.36. The molecule has 0 aliphatic rings. The number of nitrogens with zero attached hydrogens (tertiary/aromatic N) is 1. The molecule has 33 heavy (non-hydrogen) atoms. The van der Waals surface area contributed by atoms with Crippen molar-refractivity contribution in [3.8, 4) is 16.8 Å². The van der Waals surface area contributed by atoms with Gasteiger partial charge in [0.1, 0.15) is 0 Å². The molecule has 0 radical (unpaired) electrons. The van der Waals surface area contributed by atoms with Gasteiger partial charge in [0.25, 0.3) is 0 Å². The Morgan fingerprint density at radius 2 is 1.15 bits per heavy atom. The zero-order chi connectivity index (χ0) is 21.9. The second-order valence-electron chi connectivity index (χ2n) is 8.37. The summed E-state index contributed by atoms with van der Waals surface area (Å²) in [6.07, 6.45) is 0. The van der Waals surface area contributed by atoms with E-state index >= 15 is 0 Å². The first-order chi connectivity index (χ1) is 16.3. The van der Waals surface area contributed by atoms with Crippen LogP contribution < -0.4 is 0 Å². The van der Waals surface area contributed by atoms with Crippen molar-refractivity contribution in [1.29, 1.82) is 0 Å². The van der Waals surface area contributed by atoms with Crippen LogP contribution in [0.5, 0.6) is 0 Å². The molecule has 0 fully saturated rings. The first kappa shape index (κ1) is 19.1.